The number of halogens is 2. The number of aliphatic imine (C=N–C) groups is 1. The van der Waals surface area contributed by atoms with Gasteiger partial charge in [-0.05, 0) is 37.1 Å². The van der Waals surface area contributed by atoms with E-state index in [4.69, 9.17) is 11.6 Å². The highest BCUT2D eigenvalue weighted by atomic mass is 127. The van der Waals surface area contributed by atoms with Gasteiger partial charge in [0.05, 0.1) is 12.2 Å². The fourth-order valence-corrected chi connectivity index (χ4v) is 1.98. The van der Waals surface area contributed by atoms with Gasteiger partial charge in [0, 0.05) is 24.3 Å². The van der Waals surface area contributed by atoms with Crippen molar-refractivity contribution < 1.29 is 0 Å². The lowest BCUT2D eigenvalue weighted by Gasteiger charge is -2.11. The molecular formula is C15H21ClIN5. The average Bonchev–Trinajstić information content (AvgIpc) is 3.00. The number of hydrogen-bond donors (Lipinski definition) is 3. The van der Waals surface area contributed by atoms with E-state index in [0.29, 0.717) is 6.54 Å². The fourth-order valence-electron chi connectivity index (χ4n) is 1.86. The topological polar surface area (TPSA) is 65.1 Å². The standard InChI is InChI=1S/C15H20ClN5.HI/c1-2-17-15(19-11-14-8-10-20-21-14)18-9-7-12-3-5-13(16)6-4-12;/h3-6,8,10H,2,7,9,11H2,1H3,(H,20,21)(H2,17,18,19);1H. The van der Waals surface area contributed by atoms with E-state index >= 15 is 0 Å². The molecular weight excluding hydrogens is 413 g/mol. The minimum absolute atomic E-state index is 0. The molecule has 1 aromatic heterocycles. The van der Waals surface area contributed by atoms with Gasteiger partial charge in [0.2, 0.25) is 0 Å². The molecule has 120 valence electrons. The van der Waals surface area contributed by atoms with Crippen molar-refractivity contribution in [1.29, 1.82) is 0 Å². The van der Waals surface area contributed by atoms with Gasteiger partial charge in [0.25, 0.3) is 0 Å². The van der Waals surface area contributed by atoms with Gasteiger partial charge in [-0.3, -0.25) is 5.10 Å². The number of aromatic nitrogens is 2. The number of aromatic amines is 1. The summed E-state index contributed by atoms with van der Waals surface area (Å²) in [5.74, 6) is 0.807. The third kappa shape index (κ3) is 6.65. The maximum atomic E-state index is 5.87. The van der Waals surface area contributed by atoms with Crippen molar-refractivity contribution in [3.05, 3.63) is 52.8 Å². The average molecular weight is 434 g/mol. The molecule has 0 fully saturated rings. The van der Waals surface area contributed by atoms with Crippen LogP contribution in [0.3, 0.4) is 0 Å². The smallest absolute Gasteiger partial charge is 0.191 e. The van der Waals surface area contributed by atoms with Crippen molar-refractivity contribution in [2.75, 3.05) is 13.1 Å². The number of rotatable bonds is 6. The molecule has 22 heavy (non-hydrogen) atoms. The van der Waals surface area contributed by atoms with E-state index in [1.54, 1.807) is 6.20 Å². The zero-order chi connectivity index (χ0) is 14.9. The lowest BCUT2D eigenvalue weighted by Crippen LogP contribution is -2.38. The molecule has 0 amide bonds. The van der Waals surface area contributed by atoms with Crippen molar-refractivity contribution in [3.8, 4) is 0 Å². The van der Waals surface area contributed by atoms with Crippen LogP contribution in [0.2, 0.25) is 5.02 Å². The summed E-state index contributed by atoms with van der Waals surface area (Å²) < 4.78 is 0. The van der Waals surface area contributed by atoms with Crippen molar-refractivity contribution in [3.63, 3.8) is 0 Å². The molecule has 1 aromatic carbocycles. The van der Waals surface area contributed by atoms with Gasteiger partial charge in [-0.2, -0.15) is 5.10 Å². The number of H-pyrrole nitrogens is 1. The van der Waals surface area contributed by atoms with Gasteiger partial charge in [-0.1, -0.05) is 23.7 Å². The normalized spacial score (nSPS) is 10.9. The summed E-state index contributed by atoms with van der Waals surface area (Å²) in [5.41, 5.74) is 2.24. The lowest BCUT2D eigenvalue weighted by atomic mass is 10.1. The molecule has 0 atom stereocenters. The first-order chi connectivity index (χ1) is 10.3. The molecule has 3 N–H and O–H groups in total. The molecule has 0 radical (unpaired) electrons. The number of benzene rings is 1. The maximum Gasteiger partial charge on any atom is 0.191 e. The summed E-state index contributed by atoms with van der Waals surface area (Å²) in [7, 11) is 0. The molecule has 0 spiro atoms. The minimum Gasteiger partial charge on any atom is -0.357 e. The van der Waals surface area contributed by atoms with Crippen LogP contribution in [-0.4, -0.2) is 29.2 Å². The Morgan fingerprint density at radius 2 is 2.00 bits per heavy atom. The van der Waals surface area contributed by atoms with E-state index in [0.717, 1.165) is 36.2 Å². The number of guanidine groups is 1. The van der Waals surface area contributed by atoms with E-state index in [1.165, 1.54) is 5.56 Å². The first-order valence-corrected chi connectivity index (χ1v) is 7.40. The highest BCUT2D eigenvalue weighted by Gasteiger charge is 1.99. The largest absolute Gasteiger partial charge is 0.357 e. The highest BCUT2D eigenvalue weighted by Crippen LogP contribution is 2.09. The van der Waals surface area contributed by atoms with Gasteiger partial charge in [0.1, 0.15) is 0 Å². The first kappa shape index (κ1) is 18.8. The monoisotopic (exact) mass is 433 g/mol. The van der Waals surface area contributed by atoms with E-state index in [9.17, 15) is 0 Å². The Hall–Kier alpha value is -1.28. The van der Waals surface area contributed by atoms with E-state index in [-0.39, 0.29) is 24.0 Å². The van der Waals surface area contributed by atoms with Crippen LogP contribution in [0, 0.1) is 0 Å². The molecule has 5 nitrogen and oxygen atoms in total. The summed E-state index contributed by atoms with van der Waals surface area (Å²) in [6.07, 6.45) is 2.65. The SMILES string of the molecule is CCNC(=NCc1ccn[nH]1)NCCc1ccc(Cl)cc1.I. The Labute approximate surface area is 153 Å². The predicted molar refractivity (Wildman–Crippen MR) is 102 cm³/mol. The summed E-state index contributed by atoms with van der Waals surface area (Å²) in [6, 6.07) is 9.82. The van der Waals surface area contributed by atoms with Gasteiger partial charge in [0.15, 0.2) is 5.96 Å². The van der Waals surface area contributed by atoms with Crippen LogP contribution in [0.15, 0.2) is 41.5 Å². The first-order valence-electron chi connectivity index (χ1n) is 7.03. The summed E-state index contributed by atoms with van der Waals surface area (Å²) in [4.78, 5) is 4.50. The van der Waals surface area contributed by atoms with Crippen LogP contribution < -0.4 is 10.6 Å². The summed E-state index contributed by atoms with van der Waals surface area (Å²) in [5, 5.41) is 14.1. The molecule has 7 heteroatoms. The predicted octanol–water partition coefficient (Wildman–Crippen LogP) is 2.98. The number of nitrogens with one attached hydrogen (secondary N) is 3. The molecule has 0 bridgehead atoms. The van der Waals surface area contributed by atoms with Gasteiger partial charge >= 0.3 is 0 Å². The molecule has 0 saturated carbocycles. The van der Waals surface area contributed by atoms with Crippen molar-refractivity contribution in [1.82, 2.24) is 20.8 Å². The molecule has 2 aromatic rings. The fraction of sp³-hybridized carbons (Fsp3) is 0.333. The van der Waals surface area contributed by atoms with Crippen LogP contribution in [-0.2, 0) is 13.0 Å². The highest BCUT2D eigenvalue weighted by molar-refractivity contribution is 14.0. The third-order valence-corrected chi connectivity index (χ3v) is 3.18. The van der Waals surface area contributed by atoms with Crippen molar-refractivity contribution in [2.45, 2.75) is 19.9 Å². The van der Waals surface area contributed by atoms with Crippen LogP contribution in [0.1, 0.15) is 18.2 Å². The second-order valence-electron chi connectivity index (χ2n) is 4.58. The third-order valence-electron chi connectivity index (χ3n) is 2.93. The summed E-state index contributed by atoms with van der Waals surface area (Å²) >= 11 is 5.87. The van der Waals surface area contributed by atoms with Crippen LogP contribution in [0.25, 0.3) is 0 Å². The van der Waals surface area contributed by atoms with E-state index in [2.05, 4.69) is 25.8 Å². The molecule has 0 aliphatic carbocycles. The Bertz CT molecular complexity index is 554. The molecule has 0 unspecified atom stereocenters. The van der Waals surface area contributed by atoms with Gasteiger partial charge in [-0.15, -0.1) is 24.0 Å². The van der Waals surface area contributed by atoms with E-state index in [1.807, 2.05) is 37.3 Å². The zero-order valence-corrected chi connectivity index (χ0v) is 15.6. The molecule has 0 aliphatic rings. The van der Waals surface area contributed by atoms with Crippen LogP contribution in [0.4, 0.5) is 0 Å². The number of nitrogens with zero attached hydrogens (tertiary/aromatic N) is 2. The van der Waals surface area contributed by atoms with Crippen LogP contribution >= 0.6 is 35.6 Å². The van der Waals surface area contributed by atoms with Crippen molar-refractivity contribution >= 4 is 41.5 Å². The molecule has 2 rings (SSSR count). The van der Waals surface area contributed by atoms with Gasteiger partial charge in [-0.25, -0.2) is 4.99 Å². The Kier molecular flexibility index (Phi) is 8.91. The Morgan fingerprint density at radius 1 is 1.23 bits per heavy atom. The number of hydrogen-bond acceptors (Lipinski definition) is 2. The maximum absolute atomic E-state index is 5.87. The molecule has 0 aliphatic heterocycles. The van der Waals surface area contributed by atoms with Gasteiger partial charge < -0.3 is 10.6 Å². The molecule has 0 saturated heterocycles. The van der Waals surface area contributed by atoms with Crippen LogP contribution in [0.5, 0.6) is 0 Å². The molecule has 1 heterocycles. The second kappa shape index (κ2) is 10.4. The quantitative estimate of drug-likeness (QED) is 0.373. The minimum atomic E-state index is 0. The van der Waals surface area contributed by atoms with E-state index < -0.39 is 0 Å². The zero-order valence-electron chi connectivity index (χ0n) is 12.5. The lowest BCUT2D eigenvalue weighted by molar-refractivity contribution is 0.795. The van der Waals surface area contributed by atoms with Crippen molar-refractivity contribution in [2.24, 2.45) is 4.99 Å². The second-order valence-corrected chi connectivity index (χ2v) is 5.02. The Balaban J connectivity index is 0.00000242. The Morgan fingerprint density at radius 3 is 2.64 bits per heavy atom. The summed E-state index contributed by atoms with van der Waals surface area (Å²) in [6.45, 7) is 4.27.